The predicted molar refractivity (Wildman–Crippen MR) is 91.9 cm³/mol. The number of amides is 1. The number of hydrogen-bond donors (Lipinski definition) is 3. The van der Waals surface area contributed by atoms with Crippen LogP contribution in [-0.4, -0.2) is 29.0 Å². The summed E-state index contributed by atoms with van der Waals surface area (Å²) in [5.41, 5.74) is 2.79. The van der Waals surface area contributed by atoms with Crippen molar-refractivity contribution in [1.82, 2.24) is 9.97 Å². The molecule has 3 aromatic rings. The molecule has 0 bridgehead atoms. The number of nitrogens with zero attached hydrogens (tertiary/aromatic N) is 1. The molecular formula is C17H18N4O2. The number of imidazole rings is 1. The van der Waals surface area contributed by atoms with Gasteiger partial charge in [-0.25, -0.2) is 4.79 Å². The van der Waals surface area contributed by atoms with Gasteiger partial charge in [0.25, 0.3) is 0 Å². The number of likely N-dealkylation sites (N-methyl/N-ethyl adjacent to an activating group) is 1. The van der Waals surface area contributed by atoms with Crippen LogP contribution in [0.5, 0.6) is 0 Å². The van der Waals surface area contributed by atoms with Gasteiger partial charge >= 0.3 is 5.69 Å². The Hall–Kier alpha value is -3.02. The highest BCUT2D eigenvalue weighted by atomic mass is 16.2. The first kappa shape index (κ1) is 14.9. The normalized spacial score (nSPS) is 10.7. The molecule has 0 aliphatic rings. The molecule has 1 amide bonds. The smallest absolute Gasteiger partial charge is 0.323 e. The number of benzene rings is 2. The summed E-state index contributed by atoms with van der Waals surface area (Å²) in [5.74, 6) is -0.104. The Morgan fingerprint density at radius 1 is 1.09 bits per heavy atom. The van der Waals surface area contributed by atoms with Crippen LogP contribution in [0.1, 0.15) is 6.92 Å². The number of aromatic amines is 2. The van der Waals surface area contributed by atoms with Crippen LogP contribution in [0.25, 0.3) is 11.0 Å². The third-order valence-corrected chi connectivity index (χ3v) is 3.64. The maximum absolute atomic E-state index is 12.3. The number of rotatable bonds is 5. The number of H-pyrrole nitrogens is 2. The summed E-state index contributed by atoms with van der Waals surface area (Å²) in [5, 5.41) is 2.86. The van der Waals surface area contributed by atoms with Gasteiger partial charge < -0.3 is 20.2 Å². The van der Waals surface area contributed by atoms with Crippen LogP contribution in [0, 0.1) is 0 Å². The summed E-state index contributed by atoms with van der Waals surface area (Å²) in [6.45, 7) is 3.01. The molecule has 0 radical (unpaired) electrons. The lowest BCUT2D eigenvalue weighted by molar-refractivity contribution is -0.115. The van der Waals surface area contributed by atoms with E-state index < -0.39 is 0 Å². The zero-order valence-electron chi connectivity index (χ0n) is 12.8. The lowest BCUT2D eigenvalue weighted by Gasteiger charge is -2.22. The number of nitrogens with one attached hydrogen (secondary N) is 3. The van der Waals surface area contributed by atoms with E-state index in [1.807, 2.05) is 42.2 Å². The summed E-state index contributed by atoms with van der Waals surface area (Å²) < 4.78 is 0. The lowest BCUT2D eigenvalue weighted by atomic mass is 10.2. The molecule has 0 saturated carbocycles. The largest absolute Gasteiger partial charge is 0.362 e. The molecule has 0 atom stereocenters. The van der Waals surface area contributed by atoms with E-state index in [0.717, 1.165) is 12.2 Å². The van der Waals surface area contributed by atoms with E-state index in [2.05, 4.69) is 15.3 Å². The second kappa shape index (κ2) is 6.39. The van der Waals surface area contributed by atoms with E-state index in [1.165, 1.54) is 0 Å². The van der Waals surface area contributed by atoms with Gasteiger partial charge in [0.1, 0.15) is 0 Å². The van der Waals surface area contributed by atoms with Crippen molar-refractivity contribution in [2.24, 2.45) is 0 Å². The van der Waals surface area contributed by atoms with Gasteiger partial charge in [-0.2, -0.15) is 0 Å². The van der Waals surface area contributed by atoms with E-state index in [4.69, 9.17) is 0 Å². The highest BCUT2D eigenvalue weighted by Gasteiger charge is 2.10. The lowest BCUT2D eigenvalue weighted by Crippen LogP contribution is -2.33. The topological polar surface area (TPSA) is 81.0 Å². The van der Waals surface area contributed by atoms with Crippen molar-refractivity contribution in [2.75, 3.05) is 23.3 Å². The van der Waals surface area contributed by atoms with Crippen molar-refractivity contribution in [2.45, 2.75) is 6.92 Å². The van der Waals surface area contributed by atoms with Crippen LogP contribution in [-0.2, 0) is 4.79 Å². The summed E-state index contributed by atoms with van der Waals surface area (Å²) in [4.78, 5) is 30.9. The molecule has 6 nitrogen and oxygen atoms in total. The van der Waals surface area contributed by atoms with Gasteiger partial charge in [-0.3, -0.25) is 4.79 Å². The molecule has 0 fully saturated rings. The van der Waals surface area contributed by atoms with Crippen LogP contribution in [0.3, 0.4) is 0 Å². The second-order valence-corrected chi connectivity index (χ2v) is 5.24. The molecule has 0 aliphatic heterocycles. The van der Waals surface area contributed by atoms with Crippen LogP contribution in [0.4, 0.5) is 11.4 Å². The Kier molecular flexibility index (Phi) is 4.14. The Balaban J connectivity index is 1.71. The Morgan fingerprint density at radius 3 is 2.57 bits per heavy atom. The van der Waals surface area contributed by atoms with Crippen molar-refractivity contribution in [3.63, 3.8) is 0 Å². The Labute approximate surface area is 133 Å². The number of carbonyl (C=O) groups excluding carboxylic acids is 1. The third kappa shape index (κ3) is 3.42. The fraction of sp³-hybridized carbons (Fsp3) is 0.176. The average molecular weight is 310 g/mol. The molecule has 3 rings (SSSR count). The maximum Gasteiger partial charge on any atom is 0.323 e. The number of anilines is 2. The van der Waals surface area contributed by atoms with Gasteiger partial charge in [0.15, 0.2) is 0 Å². The maximum atomic E-state index is 12.3. The van der Waals surface area contributed by atoms with E-state index in [1.54, 1.807) is 18.2 Å². The first-order valence-corrected chi connectivity index (χ1v) is 7.47. The monoisotopic (exact) mass is 310 g/mol. The number of fused-ring (bicyclic) bond motifs is 1. The fourth-order valence-electron chi connectivity index (χ4n) is 2.51. The zero-order chi connectivity index (χ0) is 16.2. The average Bonchev–Trinajstić information content (AvgIpc) is 2.92. The van der Waals surface area contributed by atoms with Gasteiger partial charge in [0, 0.05) is 17.9 Å². The molecule has 0 unspecified atom stereocenters. The van der Waals surface area contributed by atoms with Gasteiger partial charge in [-0.05, 0) is 37.3 Å². The van der Waals surface area contributed by atoms with Crippen molar-refractivity contribution < 1.29 is 4.79 Å². The molecule has 2 aromatic carbocycles. The highest BCUT2D eigenvalue weighted by molar-refractivity contribution is 5.95. The molecule has 0 spiro atoms. The van der Waals surface area contributed by atoms with Crippen molar-refractivity contribution >= 4 is 28.3 Å². The molecule has 23 heavy (non-hydrogen) atoms. The fourth-order valence-corrected chi connectivity index (χ4v) is 2.51. The molecule has 1 aromatic heterocycles. The van der Waals surface area contributed by atoms with Gasteiger partial charge in [-0.1, -0.05) is 18.2 Å². The number of hydrogen-bond acceptors (Lipinski definition) is 3. The van der Waals surface area contributed by atoms with Gasteiger partial charge in [0.2, 0.25) is 5.91 Å². The minimum absolute atomic E-state index is 0.104. The number of aromatic nitrogens is 2. The molecule has 6 heteroatoms. The molecule has 3 N–H and O–H groups in total. The minimum atomic E-state index is -0.260. The molecule has 118 valence electrons. The van der Waals surface area contributed by atoms with Gasteiger partial charge in [-0.15, -0.1) is 0 Å². The molecule has 0 saturated heterocycles. The summed E-state index contributed by atoms with van der Waals surface area (Å²) in [7, 11) is 0. The third-order valence-electron chi connectivity index (χ3n) is 3.64. The molecule has 1 heterocycles. The van der Waals surface area contributed by atoms with Crippen molar-refractivity contribution in [3.05, 3.63) is 59.0 Å². The van der Waals surface area contributed by atoms with Crippen molar-refractivity contribution in [3.8, 4) is 0 Å². The Bertz CT molecular complexity index is 867. The number of carbonyl (C=O) groups is 1. The van der Waals surface area contributed by atoms with Gasteiger partial charge in [0.05, 0.1) is 17.6 Å². The Morgan fingerprint density at radius 2 is 1.83 bits per heavy atom. The molecular weight excluding hydrogens is 292 g/mol. The summed E-state index contributed by atoms with van der Waals surface area (Å²) >= 11 is 0. The quantitative estimate of drug-likeness (QED) is 0.676. The van der Waals surface area contributed by atoms with E-state index in [0.29, 0.717) is 16.7 Å². The van der Waals surface area contributed by atoms with E-state index in [-0.39, 0.29) is 18.1 Å². The standard InChI is InChI=1S/C17H18N4O2/c1-2-21(13-6-4-3-5-7-13)11-16(22)18-12-8-9-14-15(10-12)20-17(23)19-14/h3-10H,2,11H2,1H3,(H,18,22)(H2,19,20,23). The van der Waals surface area contributed by atoms with Crippen LogP contribution in [0.15, 0.2) is 53.3 Å². The summed E-state index contributed by atoms with van der Waals surface area (Å²) in [6, 6.07) is 15.1. The minimum Gasteiger partial charge on any atom is -0.362 e. The van der Waals surface area contributed by atoms with Crippen LogP contribution >= 0.6 is 0 Å². The highest BCUT2D eigenvalue weighted by Crippen LogP contribution is 2.16. The first-order valence-electron chi connectivity index (χ1n) is 7.47. The summed E-state index contributed by atoms with van der Waals surface area (Å²) in [6.07, 6.45) is 0. The van der Waals surface area contributed by atoms with E-state index in [9.17, 15) is 9.59 Å². The second-order valence-electron chi connectivity index (χ2n) is 5.24. The zero-order valence-corrected chi connectivity index (χ0v) is 12.8. The van der Waals surface area contributed by atoms with E-state index >= 15 is 0 Å². The van der Waals surface area contributed by atoms with Crippen molar-refractivity contribution in [1.29, 1.82) is 0 Å². The number of para-hydroxylation sites is 1. The SMILES string of the molecule is CCN(CC(=O)Nc1ccc2[nH]c(=O)[nH]c2c1)c1ccccc1. The molecule has 0 aliphatic carbocycles. The van der Waals surface area contributed by atoms with Crippen LogP contribution < -0.4 is 15.9 Å². The first-order chi connectivity index (χ1) is 11.2. The van der Waals surface area contributed by atoms with Crippen LogP contribution in [0.2, 0.25) is 0 Å². The predicted octanol–water partition coefficient (Wildman–Crippen LogP) is 2.32.